The van der Waals surface area contributed by atoms with E-state index in [1.54, 1.807) is 12.1 Å². The van der Waals surface area contributed by atoms with Gasteiger partial charge in [0.1, 0.15) is 18.1 Å². The fourth-order valence-electron chi connectivity index (χ4n) is 2.69. The molecule has 0 aliphatic rings. The van der Waals surface area contributed by atoms with Crippen LogP contribution in [0, 0.1) is 6.92 Å². The third-order valence-corrected chi connectivity index (χ3v) is 4.89. The molecule has 2 aromatic carbocycles. The number of benzene rings is 2. The first-order chi connectivity index (χ1) is 13.2. The summed E-state index contributed by atoms with van der Waals surface area (Å²) < 4.78 is 11.5. The molecule has 0 aliphatic carbocycles. The van der Waals surface area contributed by atoms with E-state index in [9.17, 15) is 4.79 Å². The van der Waals surface area contributed by atoms with E-state index in [0.717, 1.165) is 11.3 Å². The third-order valence-electron chi connectivity index (χ3n) is 4.46. The molecule has 1 atom stereocenters. The number of ether oxygens (including phenoxy) is 2. The van der Waals surface area contributed by atoms with Crippen LogP contribution in [0.15, 0.2) is 42.5 Å². The number of halogens is 1. The summed E-state index contributed by atoms with van der Waals surface area (Å²) in [4.78, 5) is 12.4. The van der Waals surface area contributed by atoms with Crippen LogP contribution in [0.4, 0.5) is 0 Å². The van der Waals surface area contributed by atoms with Gasteiger partial charge in [-0.2, -0.15) is 0 Å². The molecule has 5 heteroatoms. The lowest BCUT2D eigenvalue weighted by molar-refractivity contribution is -0.128. The third kappa shape index (κ3) is 6.45. The van der Waals surface area contributed by atoms with Crippen molar-refractivity contribution >= 4 is 17.5 Å². The molecule has 2 aromatic rings. The van der Waals surface area contributed by atoms with E-state index in [2.05, 4.69) is 38.2 Å². The minimum atomic E-state index is -0.549. The molecule has 0 fully saturated rings. The monoisotopic (exact) mass is 403 g/mol. The topological polar surface area (TPSA) is 47.6 Å². The van der Waals surface area contributed by atoms with Crippen molar-refractivity contribution in [2.75, 3.05) is 13.2 Å². The molecule has 0 spiro atoms. The molecule has 0 saturated heterocycles. The van der Waals surface area contributed by atoms with Crippen molar-refractivity contribution in [1.29, 1.82) is 0 Å². The van der Waals surface area contributed by atoms with E-state index in [4.69, 9.17) is 21.1 Å². The van der Waals surface area contributed by atoms with E-state index >= 15 is 0 Å². The summed E-state index contributed by atoms with van der Waals surface area (Å²) in [6, 6.07) is 13.5. The second-order valence-electron chi connectivity index (χ2n) is 7.84. The average molecular weight is 404 g/mol. The molecule has 0 saturated carbocycles. The van der Waals surface area contributed by atoms with E-state index < -0.39 is 6.10 Å². The lowest BCUT2D eigenvalue weighted by atomic mass is 9.87. The molecule has 4 nitrogen and oxygen atoms in total. The first kappa shape index (κ1) is 22.1. The van der Waals surface area contributed by atoms with Gasteiger partial charge in [0.25, 0.3) is 5.91 Å². The number of nitrogens with one attached hydrogen (secondary N) is 1. The molecular formula is C23H30ClNO3. The van der Waals surface area contributed by atoms with Gasteiger partial charge < -0.3 is 14.8 Å². The molecule has 0 heterocycles. The maximum absolute atomic E-state index is 12.4. The lowest BCUT2D eigenvalue weighted by Crippen LogP contribution is -2.39. The van der Waals surface area contributed by atoms with E-state index in [0.29, 0.717) is 30.3 Å². The van der Waals surface area contributed by atoms with Gasteiger partial charge in [-0.1, -0.05) is 51.4 Å². The van der Waals surface area contributed by atoms with Crippen molar-refractivity contribution in [1.82, 2.24) is 5.32 Å². The highest BCUT2D eigenvalue weighted by atomic mass is 35.5. The van der Waals surface area contributed by atoms with Gasteiger partial charge >= 0.3 is 0 Å². The number of aryl methyl sites for hydroxylation is 1. The minimum Gasteiger partial charge on any atom is -0.492 e. The molecule has 0 aromatic heterocycles. The van der Waals surface area contributed by atoms with Gasteiger partial charge in [0.15, 0.2) is 6.10 Å². The van der Waals surface area contributed by atoms with Crippen LogP contribution < -0.4 is 14.8 Å². The van der Waals surface area contributed by atoms with Gasteiger partial charge in [0, 0.05) is 5.02 Å². The van der Waals surface area contributed by atoms with Gasteiger partial charge in [0.05, 0.1) is 6.54 Å². The summed E-state index contributed by atoms with van der Waals surface area (Å²) in [7, 11) is 0. The molecule has 1 amide bonds. The van der Waals surface area contributed by atoms with Crippen LogP contribution in [0.25, 0.3) is 0 Å². The zero-order chi connectivity index (χ0) is 20.7. The Morgan fingerprint density at radius 3 is 2.32 bits per heavy atom. The Morgan fingerprint density at radius 2 is 1.75 bits per heavy atom. The van der Waals surface area contributed by atoms with Gasteiger partial charge in [-0.05, 0) is 60.2 Å². The summed E-state index contributed by atoms with van der Waals surface area (Å²) >= 11 is 6.03. The molecule has 0 radical (unpaired) electrons. The molecular weight excluding hydrogens is 374 g/mol. The second-order valence-corrected chi connectivity index (χ2v) is 8.25. The Balaban J connectivity index is 1.79. The molecule has 1 N–H and O–H groups in total. The average Bonchev–Trinajstić information content (AvgIpc) is 2.65. The number of hydrogen-bond acceptors (Lipinski definition) is 3. The van der Waals surface area contributed by atoms with Gasteiger partial charge in [-0.3, -0.25) is 4.79 Å². The Bertz CT molecular complexity index is 781. The molecule has 28 heavy (non-hydrogen) atoms. The molecule has 152 valence electrons. The van der Waals surface area contributed by atoms with Crippen LogP contribution in [0.2, 0.25) is 5.02 Å². The van der Waals surface area contributed by atoms with Crippen LogP contribution in [-0.2, 0) is 10.2 Å². The Kier molecular flexibility index (Phi) is 7.76. The van der Waals surface area contributed by atoms with Crippen molar-refractivity contribution in [3.8, 4) is 11.5 Å². The molecule has 1 unspecified atom stereocenters. The van der Waals surface area contributed by atoms with Crippen molar-refractivity contribution in [3.63, 3.8) is 0 Å². The van der Waals surface area contributed by atoms with Crippen LogP contribution in [-0.4, -0.2) is 25.2 Å². The fraction of sp³-hybridized carbons (Fsp3) is 0.435. The van der Waals surface area contributed by atoms with Gasteiger partial charge in [0.2, 0.25) is 0 Å². The Hall–Kier alpha value is -2.20. The number of rotatable bonds is 8. The van der Waals surface area contributed by atoms with Crippen molar-refractivity contribution in [2.45, 2.75) is 52.6 Å². The maximum atomic E-state index is 12.4. The summed E-state index contributed by atoms with van der Waals surface area (Å²) in [5.41, 5.74) is 2.29. The first-order valence-electron chi connectivity index (χ1n) is 9.64. The molecule has 0 bridgehead atoms. The first-order valence-corrected chi connectivity index (χ1v) is 10.0. The zero-order valence-corrected chi connectivity index (χ0v) is 18.1. The quantitative estimate of drug-likeness (QED) is 0.608. The fourth-order valence-corrected chi connectivity index (χ4v) is 2.80. The minimum absolute atomic E-state index is 0.115. The van der Waals surface area contributed by atoms with Gasteiger partial charge in [-0.15, -0.1) is 0 Å². The highest BCUT2D eigenvalue weighted by Gasteiger charge is 2.18. The normalized spacial score (nSPS) is 12.4. The SMILES string of the molecule is CCC(Oc1ccc(Cl)c(C)c1)C(=O)NCCOc1ccc(C(C)(C)C)cc1. The maximum Gasteiger partial charge on any atom is 0.261 e. The summed E-state index contributed by atoms with van der Waals surface area (Å²) in [6.45, 7) is 11.2. The van der Waals surface area contributed by atoms with Gasteiger partial charge in [-0.25, -0.2) is 0 Å². The largest absolute Gasteiger partial charge is 0.492 e. The summed E-state index contributed by atoms with van der Waals surface area (Å²) in [5, 5.41) is 3.55. The standard InChI is InChI=1S/C23H30ClNO3/c1-6-21(28-19-11-12-20(24)16(2)15-19)22(26)25-13-14-27-18-9-7-17(8-10-18)23(3,4)5/h7-12,15,21H,6,13-14H2,1-5H3,(H,25,26). The smallest absolute Gasteiger partial charge is 0.261 e. The summed E-state index contributed by atoms with van der Waals surface area (Å²) in [5.74, 6) is 1.28. The summed E-state index contributed by atoms with van der Waals surface area (Å²) in [6.07, 6.45) is 0.0227. The molecule has 0 aliphatic heterocycles. The zero-order valence-electron chi connectivity index (χ0n) is 17.3. The lowest BCUT2D eigenvalue weighted by Gasteiger charge is -2.19. The number of carbonyl (C=O) groups excluding carboxylic acids is 1. The van der Waals surface area contributed by atoms with E-state index in [1.807, 2.05) is 32.0 Å². The van der Waals surface area contributed by atoms with Crippen LogP contribution in [0.1, 0.15) is 45.2 Å². The number of amides is 1. The second kappa shape index (κ2) is 9.83. The van der Waals surface area contributed by atoms with E-state index in [-0.39, 0.29) is 11.3 Å². The predicted octanol–water partition coefficient (Wildman–Crippen LogP) is 5.30. The van der Waals surface area contributed by atoms with Crippen LogP contribution in [0.5, 0.6) is 11.5 Å². The number of hydrogen-bond donors (Lipinski definition) is 1. The molecule has 2 rings (SSSR count). The van der Waals surface area contributed by atoms with Crippen LogP contribution >= 0.6 is 11.6 Å². The van der Waals surface area contributed by atoms with Crippen molar-refractivity contribution in [3.05, 3.63) is 58.6 Å². The Morgan fingerprint density at radius 1 is 1.11 bits per heavy atom. The van der Waals surface area contributed by atoms with Crippen LogP contribution in [0.3, 0.4) is 0 Å². The number of carbonyl (C=O) groups is 1. The van der Waals surface area contributed by atoms with Crippen molar-refractivity contribution in [2.24, 2.45) is 0 Å². The van der Waals surface area contributed by atoms with E-state index in [1.165, 1.54) is 5.56 Å². The predicted molar refractivity (Wildman–Crippen MR) is 115 cm³/mol. The highest BCUT2D eigenvalue weighted by molar-refractivity contribution is 6.31. The van der Waals surface area contributed by atoms with Crippen molar-refractivity contribution < 1.29 is 14.3 Å². The Labute approximate surface area is 173 Å². The highest BCUT2D eigenvalue weighted by Crippen LogP contribution is 2.24.